The summed E-state index contributed by atoms with van der Waals surface area (Å²) in [6.07, 6.45) is 0.759. The minimum absolute atomic E-state index is 0.123. The Morgan fingerprint density at radius 3 is 3.00 bits per heavy atom. The molecule has 16 heavy (non-hydrogen) atoms. The van der Waals surface area contributed by atoms with Crippen LogP contribution in [0.2, 0.25) is 0 Å². The van der Waals surface area contributed by atoms with Crippen LogP contribution in [0.5, 0.6) is 0 Å². The van der Waals surface area contributed by atoms with Gasteiger partial charge in [0, 0.05) is 25.3 Å². The van der Waals surface area contributed by atoms with E-state index in [0.29, 0.717) is 5.92 Å². The first-order valence-corrected chi connectivity index (χ1v) is 5.98. The van der Waals surface area contributed by atoms with Crippen molar-refractivity contribution < 1.29 is 5.11 Å². The molecular formula is C13H20N2O. The van der Waals surface area contributed by atoms with Crippen LogP contribution >= 0.6 is 0 Å². The van der Waals surface area contributed by atoms with Crippen LogP contribution in [0.4, 0.5) is 0 Å². The second-order valence-corrected chi connectivity index (χ2v) is 4.84. The summed E-state index contributed by atoms with van der Waals surface area (Å²) in [7, 11) is 0. The number of hydrogen-bond acceptors (Lipinski definition) is 3. The molecule has 2 heterocycles. The minimum Gasteiger partial charge on any atom is -0.393 e. The zero-order valence-corrected chi connectivity index (χ0v) is 10.1. The van der Waals surface area contributed by atoms with Gasteiger partial charge in [0.25, 0.3) is 0 Å². The highest BCUT2D eigenvalue weighted by Crippen LogP contribution is 2.18. The second kappa shape index (κ2) is 4.93. The molecule has 0 bridgehead atoms. The molecule has 1 fully saturated rings. The molecule has 3 nitrogen and oxygen atoms in total. The van der Waals surface area contributed by atoms with Gasteiger partial charge in [0.05, 0.1) is 11.8 Å². The van der Waals surface area contributed by atoms with Crippen LogP contribution in [0.3, 0.4) is 0 Å². The minimum atomic E-state index is -0.123. The fraction of sp³-hybridized carbons (Fsp3) is 0.615. The molecular weight excluding hydrogens is 200 g/mol. The van der Waals surface area contributed by atoms with E-state index < -0.39 is 0 Å². The number of nitrogens with zero attached hydrogens (tertiary/aromatic N) is 2. The molecule has 88 valence electrons. The van der Waals surface area contributed by atoms with Crippen molar-refractivity contribution in [3.05, 3.63) is 29.6 Å². The number of hydrogen-bond donors (Lipinski definition) is 1. The molecule has 0 spiro atoms. The summed E-state index contributed by atoms with van der Waals surface area (Å²) in [5.41, 5.74) is 2.20. The van der Waals surface area contributed by atoms with E-state index in [-0.39, 0.29) is 6.10 Å². The van der Waals surface area contributed by atoms with Crippen LogP contribution < -0.4 is 0 Å². The first-order valence-electron chi connectivity index (χ1n) is 5.98. The lowest BCUT2D eigenvalue weighted by Gasteiger charge is -2.34. The standard InChI is InChI=1S/C13H20N2O/c1-10-8-15(7-6-13(10)16)9-12-5-3-4-11(2)14-12/h3-5,10,13,16H,6-9H2,1-2H3. The molecule has 1 aliphatic rings. The first kappa shape index (κ1) is 11.6. The lowest BCUT2D eigenvalue weighted by atomic mass is 9.97. The molecule has 2 rings (SSSR count). The Bertz CT molecular complexity index is 354. The van der Waals surface area contributed by atoms with Gasteiger partial charge in [-0.05, 0) is 31.4 Å². The summed E-state index contributed by atoms with van der Waals surface area (Å²) in [5, 5.41) is 9.66. The first-order chi connectivity index (χ1) is 7.65. The highest BCUT2D eigenvalue weighted by atomic mass is 16.3. The van der Waals surface area contributed by atoms with Gasteiger partial charge in [-0.2, -0.15) is 0 Å². The Morgan fingerprint density at radius 1 is 1.50 bits per heavy atom. The Kier molecular flexibility index (Phi) is 3.56. The molecule has 0 aliphatic carbocycles. The molecule has 1 aromatic rings. The monoisotopic (exact) mass is 220 g/mol. The molecule has 0 aromatic carbocycles. The van der Waals surface area contributed by atoms with Crippen LogP contribution in [0.25, 0.3) is 0 Å². The quantitative estimate of drug-likeness (QED) is 0.822. The van der Waals surface area contributed by atoms with E-state index in [1.54, 1.807) is 0 Å². The molecule has 3 heteroatoms. The van der Waals surface area contributed by atoms with E-state index in [2.05, 4.69) is 28.9 Å². The zero-order chi connectivity index (χ0) is 11.5. The maximum atomic E-state index is 9.66. The summed E-state index contributed by atoms with van der Waals surface area (Å²) in [6, 6.07) is 6.15. The summed E-state index contributed by atoms with van der Waals surface area (Å²) < 4.78 is 0. The molecule has 0 amide bonds. The van der Waals surface area contributed by atoms with Gasteiger partial charge < -0.3 is 5.11 Å². The average Bonchev–Trinajstić information content (AvgIpc) is 2.24. The van der Waals surface area contributed by atoms with Gasteiger partial charge in [-0.25, -0.2) is 0 Å². The van der Waals surface area contributed by atoms with Crippen LogP contribution in [-0.4, -0.2) is 34.2 Å². The lowest BCUT2D eigenvalue weighted by Crippen LogP contribution is -2.41. The number of piperidine rings is 1. The number of aryl methyl sites for hydroxylation is 1. The molecule has 1 aromatic heterocycles. The summed E-state index contributed by atoms with van der Waals surface area (Å²) in [6.45, 7) is 6.98. The van der Waals surface area contributed by atoms with E-state index >= 15 is 0 Å². The number of aliphatic hydroxyl groups is 1. The summed E-state index contributed by atoms with van der Waals surface area (Å²) >= 11 is 0. The molecule has 0 saturated carbocycles. The van der Waals surface area contributed by atoms with E-state index in [0.717, 1.165) is 37.4 Å². The van der Waals surface area contributed by atoms with Crippen molar-refractivity contribution in [1.82, 2.24) is 9.88 Å². The molecule has 0 radical (unpaired) electrons. The summed E-state index contributed by atoms with van der Waals surface area (Å²) in [4.78, 5) is 6.88. The number of likely N-dealkylation sites (tertiary alicyclic amines) is 1. The molecule has 1 saturated heterocycles. The maximum absolute atomic E-state index is 9.66. The van der Waals surface area contributed by atoms with Gasteiger partial charge in [-0.15, -0.1) is 0 Å². The highest BCUT2D eigenvalue weighted by Gasteiger charge is 2.24. The predicted octanol–water partition coefficient (Wildman–Crippen LogP) is 1.59. The number of aromatic nitrogens is 1. The van der Waals surface area contributed by atoms with E-state index in [1.807, 2.05) is 13.0 Å². The van der Waals surface area contributed by atoms with E-state index in [9.17, 15) is 5.11 Å². The highest BCUT2D eigenvalue weighted by molar-refractivity contribution is 5.09. The predicted molar refractivity (Wildman–Crippen MR) is 64.0 cm³/mol. The Labute approximate surface area is 97.1 Å². The van der Waals surface area contributed by atoms with Crippen LogP contribution in [0.15, 0.2) is 18.2 Å². The van der Waals surface area contributed by atoms with Gasteiger partial charge in [0.2, 0.25) is 0 Å². The largest absolute Gasteiger partial charge is 0.393 e. The number of rotatable bonds is 2. The molecule has 2 unspecified atom stereocenters. The van der Waals surface area contributed by atoms with Gasteiger partial charge in [-0.3, -0.25) is 9.88 Å². The van der Waals surface area contributed by atoms with Crippen LogP contribution in [0, 0.1) is 12.8 Å². The fourth-order valence-corrected chi connectivity index (χ4v) is 2.28. The van der Waals surface area contributed by atoms with Crippen LogP contribution in [-0.2, 0) is 6.54 Å². The molecule has 1 N–H and O–H groups in total. The molecule has 2 atom stereocenters. The van der Waals surface area contributed by atoms with Crippen molar-refractivity contribution >= 4 is 0 Å². The Balaban J connectivity index is 1.95. The third-order valence-corrected chi connectivity index (χ3v) is 3.28. The number of pyridine rings is 1. The third-order valence-electron chi connectivity index (χ3n) is 3.28. The average molecular weight is 220 g/mol. The van der Waals surface area contributed by atoms with Gasteiger partial charge in [0.15, 0.2) is 0 Å². The van der Waals surface area contributed by atoms with Gasteiger partial charge in [-0.1, -0.05) is 13.0 Å². The Morgan fingerprint density at radius 2 is 2.31 bits per heavy atom. The zero-order valence-electron chi connectivity index (χ0n) is 10.1. The smallest absolute Gasteiger partial charge is 0.0590 e. The SMILES string of the molecule is Cc1cccc(CN2CCC(O)C(C)C2)n1. The van der Waals surface area contributed by atoms with Crippen molar-refractivity contribution in [2.75, 3.05) is 13.1 Å². The van der Waals surface area contributed by atoms with E-state index in [4.69, 9.17) is 0 Å². The van der Waals surface area contributed by atoms with Crippen molar-refractivity contribution in [1.29, 1.82) is 0 Å². The Hall–Kier alpha value is -0.930. The summed E-state index contributed by atoms with van der Waals surface area (Å²) in [5.74, 6) is 0.374. The number of aliphatic hydroxyl groups excluding tert-OH is 1. The fourth-order valence-electron chi connectivity index (χ4n) is 2.28. The van der Waals surface area contributed by atoms with Crippen LogP contribution in [0.1, 0.15) is 24.7 Å². The van der Waals surface area contributed by atoms with Gasteiger partial charge in [0.1, 0.15) is 0 Å². The lowest BCUT2D eigenvalue weighted by molar-refractivity contribution is 0.0315. The second-order valence-electron chi connectivity index (χ2n) is 4.84. The van der Waals surface area contributed by atoms with E-state index in [1.165, 1.54) is 0 Å². The third kappa shape index (κ3) is 2.80. The van der Waals surface area contributed by atoms with Crippen molar-refractivity contribution in [2.24, 2.45) is 5.92 Å². The van der Waals surface area contributed by atoms with Crippen molar-refractivity contribution in [3.63, 3.8) is 0 Å². The topological polar surface area (TPSA) is 36.4 Å². The van der Waals surface area contributed by atoms with Crippen molar-refractivity contribution in [3.8, 4) is 0 Å². The normalized spacial score (nSPS) is 26.9. The van der Waals surface area contributed by atoms with Crippen molar-refractivity contribution in [2.45, 2.75) is 32.9 Å². The molecule has 1 aliphatic heterocycles. The maximum Gasteiger partial charge on any atom is 0.0590 e. The van der Waals surface area contributed by atoms with Gasteiger partial charge >= 0.3 is 0 Å².